The summed E-state index contributed by atoms with van der Waals surface area (Å²) in [6.07, 6.45) is 4.77. The predicted octanol–water partition coefficient (Wildman–Crippen LogP) is 3.23. The Morgan fingerprint density at radius 2 is 2.04 bits per heavy atom. The van der Waals surface area contributed by atoms with E-state index >= 15 is 0 Å². The Hall–Kier alpha value is -3.19. The lowest BCUT2D eigenvalue weighted by atomic mass is 10.2. The lowest BCUT2D eigenvalue weighted by molar-refractivity contribution is -0.384. The number of nitro groups is 1. The normalized spacial score (nSPS) is 11.1. The van der Waals surface area contributed by atoms with Crippen molar-refractivity contribution in [2.24, 2.45) is 0 Å². The summed E-state index contributed by atoms with van der Waals surface area (Å²) in [4.78, 5) is 26.3. The zero-order valence-corrected chi connectivity index (χ0v) is 13.7. The number of non-ortho nitro benzene ring substituents is 1. The zero-order valence-electron chi connectivity index (χ0n) is 12.9. The molecule has 126 valence electrons. The van der Waals surface area contributed by atoms with E-state index in [0.717, 1.165) is 5.56 Å². The van der Waals surface area contributed by atoms with Crippen LogP contribution in [0.2, 0.25) is 5.15 Å². The minimum absolute atomic E-state index is 0.0113. The van der Waals surface area contributed by atoms with Gasteiger partial charge >= 0.3 is 0 Å². The third kappa shape index (κ3) is 3.84. The molecule has 0 atom stereocenters. The fourth-order valence-electron chi connectivity index (χ4n) is 2.27. The molecule has 2 heterocycles. The summed E-state index contributed by atoms with van der Waals surface area (Å²) < 4.78 is 1.78. The Morgan fingerprint density at radius 1 is 1.28 bits per heavy atom. The first-order valence-corrected chi connectivity index (χ1v) is 7.74. The first-order chi connectivity index (χ1) is 12.0. The number of nitrogens with zero attached hydrogens (tertiary/aromatic N) is 3. The van der Waals surface area contributed by atoms with E-state index in [1.807, 2.05) is 24.4 Å². The van der Waals surface area contributed by atoms with Gasteiger partial charge in [0, 0.05) is 31.0 Å². The molecule has 7 nitrogen and oxygen atoms in total. The molecule has 8 heteroatoms. The maximum atomic E-state index is 12.0. The van der Waals surface area contributed by atoms with Crippen molar-refractivity contribution in [2.45, 2.75) is 6.54 Å². The Bertz CT molecular complexity index is 964. The van der Waals surface area contributed by atoms with Crippen molar-refractivity contribution in [3.05, 3.63) is 81.3 Å². The van der Waals surface area contributed by atoms with E-state index in [4.69, 9.17) is 11.6 Å². The van der Waals surface area contributed by atoms with Crippen molar-refractivity contribution in [1.82, 2.24) is 14.7 Å². The average molecular weight is 357 g/mol. The highest BCUT2D eigenvalue weighted by Gasteiger charge is 2.07. The SMILES string of the molecule is O=C(/C=C/c1c(Cl)nc2ccccn12)NCc1ccc([N+](=O)[O-])cc1. The van der Waals surface area contributed by atoms with E-state index in [9.17, 15) is 14.9 Å². The van der Waals surface area contributed by atoms with Gasteiger partial charge < -0.3 is 5.32 Å². The summed E-state index contributed by atoms with van der Waals surface area (Å²) in [6, 6.07) is 11.5. The number of carbonyl (C=O) groups is 1. The van der Waals surface area contributed by atoms with Gasteiger partial charge in [0.15, 0.2) is 5.15 Å². The van der Waals surface area contributed by atoms with Crippen LogP contribution in [-0.2, 0) is 11.3 Å². The zero-order chi connectivity index (χ0) is 17.8. The maximum absolute atomic E-state index is 12.0. The van der Waals surface area contributed by atoms with E-state index < -0.39 is 4.92 Å². The monoisotopic (exact) mass is 356 g/mol. The highest BCUT2D eigenvalue weighted by molar-refractivity contribution is 6.31. The van der Waals surface area contributed by atoms with Gasteiger partial charge in [-0.2, -0.15) is 0 Å². The number of hydrogen-bond donors (Lipinski definition) is 1. The first kappa shape index (κ1) is 16.7. The van der Waals surface area contributed by atoms with E-state index in [2.05, 4.69) is 10.3 Å². The fraction of sp³-hybridized carbons (Fsp3) is 0.0588. The minimum atomic E-state index is -0.468. The number of imidazole rings is 1. The molecule has 0 spiro atoms. The van der Waals surface area contributed by atoms with Gasteiger partial charge in [0.1, 0.15) is 5.65 Å². The largest absolute Gasteiger partial charge is 0.348 e. The molecule has 3 aromatic rings. The molecule has 0 aliphatic carbocycles. The highest BCUT2D eigenvalue weighted by Crippen LogP contribution is 2.18. The second-order valence-electron chi connectivity index (χ2n) is 5.19. The number of carbonyl (C=O) groups excluding carboxylic acids is 1. The molecule has 0 aliphatic heterocycles. The fourth-order valence-corrected chi connectivity index (χ4v) is 2.51. The molecule has 25 heavy (non-hydrogen) atoms. The van der Waals surface area contributed by atoms with Crippen LogP contribution in [0.3, 0.4) is 0 Å². The van der Waals surface area contributed by atoms with Crippen LogP contribution in [0.25, 0.3) is 11.7 Å². The predicted molar refractivity (Wildman–Crippen MR) is 94.2 cm³/mol. The number of fused-ring (bicyclic) bond motifs is 1. The van der Waals surface area contributed by atoms with Gasteiger partial charge in [-0.1, -0.05) is 29.8 Å². The molecule has 0 aliphatic rings. The average Bonchev–Trinajstić information content (AvgIpc) is 2.93. The lowest BCUT2D eigenvalue weighted by Gasteiger charge is -2.02. The molecular weight excluding hydrogens is 344 g/mol. The van der Waals surface area contributed by atoms with Crippen LogP contribution in [0.15, 0.2) is 54.7 Å². The molecule has 1 N–H and O–H groups in total. The molecule has 0 bridgehead atoms. The maximum Gasteiger partial charge on any atom is 0.269 e. The van der Waals surface area contributed by atoms with E-state index in [-0.39, 0.29) is 18.1 Å². The molecule has 1 aromatic carbocycles. The number of amides is 1. The molecule has 0 radical (unpaired) electrons. The Morgan fingerprint density at radius 3 is 2.76 bits per heavy atom. The molecule has 1 amide bonds. The lowest BCUT2D eigenvalue weighted by Crippen LogP contribution is -2.20. The first-order valence-electron chi connectivity index (χ1n) is 7.36. The second kappa shape index (κ2) is 7.14. The van der Waals surface area contributed by atoms with Crippen LogP contribution in [0, 0.1) is 10.1 Å². The van der Waals surface area contributed by atoms with Crippen LogP contribution in [0.4, 0.5) is 5.69 Å². The number of hydrogen-bond acceptors (Lipinski definition) is 4. The van der Waals surface area contributed by atoms with Gasteiger partial charge in [0.05, 0.1) is 10.6 Å². The highest BCUT2D eigenvalue weighted by atomic mass is 35.5. The van der Waals surface area contributed by atoms with E-state index in [0.29, 0.717) is 16.5 Å². The molecule has 2 aromatic heterocycles. The minimum Gasteiger partial charge on any atom is -0.348 e. The third-order valence-electron chi connectivity index (χ3n) is 3.53. The van der Waals surface area contributed by atoms with Gasteiger partial charge in [-0.3, -0.25) is 19.3 Å². The van der Waals surface area contributed by atoms with Gasteiger partial charge in [-0.15, -0.1) is 0 Å². The van der Waals surface area contributed by atoms with Gasteiger partial charge in [-0.05, 0) is 23.8 Å². The summed E-state index contributed by atoms with van der Waals surface area (Å²) in [6.45, 7) is 0.266. The van der Waals surface area contributed by atoms with Crippen molar-refractivity contribution in [2.75, 3.05) is 0 Å². The summed E-state index contributed by atoms with van der Waals surface area (Å²) in [5.41, 5.74) is 2.08. The van der Waals surface area contributed by atoms with Crippen LogP contribution in [-0.4, -0.2) is 20.2 Å². The number of nitrogens with one attached hydrogen (secondary N) is 1. The Labute approximate surface area is 147 Å². The van der Waals surface area contributed by atoms with Crippen LogP contribution in [0.1, 0.15) is 11.3 Å². The molecule has 0 saturated heterocycles. The Balaban J connectivity index is 1.64. The summed E-state index contributed by atoms with van der Waals surface area (Å²) in [5, 5.41) is 13.6. The van der Waals surface area contributed by atoms with Gasteiger partial charge in [0.2, 0.25) is 5.91 Å². The summed E-state index contributed by atoms with van der Waals surface area (Å²) >= 11 is 6.09. The standard InChI is InChI=1S/C17H13ClN4O3/c18-17-14(21-10-2-1-3-15(21)20-17)8-9-16(23)19-11-12-4-6-13(7-5-12)22(24)25/h1-10H,11H2,(H,19,23)/b9-8+. The molecule has 0 saturated carbocycles. The molecular formula is C17H13ClN4O3. The Kier molecular flexibility index (Phi) is 4.76. The molecule has 3 rings (SSSR count). The topological polar surface area (TPSA) is 89.5 Å². The van der Waals surface area contributed by atoms with E-state index in [1.54, 1.807) is 22.6 Å². The van der Waals surface area contributed by atoms with Crippen LogP contribution >= 0.6 is 11.6 Å². The number of halogens is 1. The number of benzene rings is 1. The van der Waals surface area contributed by atoms with Gasteiger partial charge in [0.25, 0.3) is 5.69 Å². The van der Waals surface area contributed by atoms with Crippen molar-refractivity contribution in [1.29, 1.82) is 0 Å². The van der Waals surface area contributed by atoms with Gasteiger partial charge in [-0.25, -0.2) is 4.98 Å². The number of nitro benzene ring substituents is 1. The smallest absolute Gasteiger partial charge is 0.269 e. The summed E-state index contributed by atoms with van der Waals surface area (Å²) in [7, 11) is 0. The quantitative estimate of drug-likeness (QED) is 0.432. The number of aromatic nitrogens is 2. The molecule has 0 fully saturated rings. The number of rotatable bonds is 5. The summed E-state index contributed by atoms with van der Waals surface area (Å²) in [5.74, 6) is -0.305. The molecule has 0 unspecified atom stereocenters. The van der Waals surface area contributed by atoms with E-state index in [1.165, 1.54) is 18.2 Å². The van der Waals surface area contributed by atoms with Crippen LogP contribution < -0.4 is 5.32 Å². The van der Waals surface area contributed by atoms with Crippen molar-refractivity contribution >= 4 is 34.9 Å². The number of pyridine rings is 1. The second-order valence-corrected chi connectivity index (χ2v) is 5.55. The van der Waals surface area contributed by atoms with Crippen molar-refractivity contribution in [3.8, 4) is 0 Å². The van der Waals surface area contributed by atoms with Crippen molar-refractivity contribution in [3.63, 3.8) is 0 Å². The van der Waals surface area contributed by atoms with Crippen LogP contribution in [0.5, 0.6) is 0 Å². The third-order valence-corrected chi connectivity index (χ3v) is 3.81. The van der Waals surface area contributed by atoms with Crippen molar-refractivity contribution < 1.29 is 9.72 Å².